The first-order valence-electron chi connectivity index (χ1n) is 11.6. The maximum atomic E-state index is 12.7. The highest BCUT2D eigenvalue weighted by Gasteiger charge is 2.30. The van der Waals surface area contributed by atoms with Crippen LogP contribution in [-0.4, -0.2) is 54.8 Å². The molecule has 1 saturated heterocycles. The van der Waals surface area contributed by atoms with Crippen LogP contribution in [0, 0.1) is 16.0 Å². The Morgan fingerprint density at radius 3 is 2.65 bits per heavy atom. The highest BCUT2D eigenvalue weighted by atomic mass is 16.6. The molecule has 1 saturated carbocycles. The van der Waals surface area contributed by atoms with Gasteiger partial charge in [0.2, 0.25) is 11.9 Å². The van der Waals surface area contributed by atoms with E-state index in [1.54, 1.807) is 18.3 Å². The molecule has 0 unspecified atom stereocenters. The van der Waals surface area contributed by atoms with E-state index in [4.69, 9.17) is 0 Å². The molecule has 1 aliphatic carbocycles. The third kappa shape index (κ3) is 4.73. The number of rotatable bonds is 6. The Bertz CT molecular complexity index is 1210. The highest BCUT2D eigenvalue weighted by molar-refractivity contribution is 5.87. The molecule has 3 aromatic rings. The van der Waals surface area contributed by atoms with Gasteiger partial charge in [-0.15, -0.1) is 0 Å². The van der Waals surface area contributed by atoms with Gasteiger partial charge < -0.3 is 15.5 Å². The molecule has 0 bridgehead atoms. The van der Waals surface area contributed by atoms with Crippen LogP contribution in [0.25, 0.3) is 11.0 Å². The molecule has 5 rings (SSSR count). The molecular formula is C23H26N8O3. The van der Waals surface area contributed by atoms with E-state index in [0.29, 0.717) is 34.4 Å². The van der Waals surface area contributed by atoms with Crippen molar-refractivity contribution in [3.8, 4) is 0 Å². The fourth-order valence-corrected chi connectivity index (χ4v) is 4.71. The second-order valence-electron chi connectivity index (χ2n) is 8.81. The summed E-state index contributed by atoms with van der Waals surface area (Å²) < 4.78 is 0. The molecule has 1 aliphatic heterocycles. The molecule has 2 N–H and O–H groups in total. The molecule has 176 valence electrons. The Morgan fingerprint density at radius 2 is 1.88 bits per heavy atom. The largest absolute Gasteiger partial charge is 0.351 e. The van der Waals surface area contributed by atoms with Crippen molar-refractivity contribution in [3.63, 3.8) is 0 Å². The number of benzene rings is 1. The van der Waals surface area contributed by atoms with Crippen molar-refractivity contribution in [2.24, 2.45) is 5.92 Å². The number of carbonyl (C=O) groups excluding carboxylic acids is 1. The Kier molecular flexibility index (Phi) is 6.15. The first-order valence-corrected chi connectivity index (χ1v) is 11.6. The van der Waals surface area contributed by atoms with Crippen LogP contribution in [0.4, 0.5) is 23.1 Å². The monoisotopic (exact) mass is 462 g/mol. The number of hydrogen-bond donors (Lipinski definition) is 2. The minimum atomic E-state index is -0.444. The van der Waals surface area contributed by atoms with Crippen LogP contribution in [0.3, 0.4) is 0 Å². The summed E-state index contributed by atoms with van der Waals surface area (Å²) in [7, 11) is 0. The first-order chi connectivity index (χ1) is 16.6. The Hall–Kier alpha value is -3.89. The van der Waals surface area contributed by atoms with E-state index in [-0.39, 0.29) is 17.6 Å². The van der Waals surface area contributed by atoms with Gasteiger partial charge in [-0.3, -0.25) is 14.9 Å². The van der Waals surface area contributed by atoms with Crippen molar-refractivity contribution in [1.29, 1.82) is 0 Å². The van der Waals surface area contributed by atoms with Crippen LogP contribution < -0.4 is 10.6 Å². The van der Waals surface area contributed by atoms with Crippen LogP contribution in [0.15, 0.2) is 36.8 Å². The summed E-state index contributed by atoms with van der Waals surface area (Å²) in [4.78, 5) is 42.9. The van der Waals surface area contributed by atoms with Crippen LogP contribution in [-0.2, 0) is 4.79 Å². The van der Waals surface area contributed by atoms with Crippen LogP contribution in [0.5, 0.6) is 0 Å². The van der Waals surface area contributed by atoms with Gasteiger partial charge in [-0.2, -0.15) is 0 Å². The Morgan fingerprint density at radius 1 is 1.09 bits per heavy atom. The lowest BCUT2D eigenvalue weighted by Crippen LogP contribution is -2.37. The maximum absolute atomic E-state index is 12.7. The zero-order chi connectivity index (χ0) is 23.5. The summed E-state index contributed by atoms with van der Waals surface area (Å²) in [5.74, 6) is 1.34. The average Bonchev–Trinajstić information content (AvgIpc) is 3.40. The molecule has 2 fully saturated rings. The lowest BCUT2D eigenvalue weighted by molar-refractivity contribution is -0.384. The van der Waals surface area contributed by atoms with Crippen LogP contribution in [0.2, 0.25) is 0 Å². The van der Waals surface area contributed by atoms with Crippen LogP contribution >= 0.6 is 0 Å². The third-order valence-corrected chi connectivity index (χ3v) is 6.52. The fourth-order valence-electron chi connectivity index (χ4n) is 4.71. The molecule has 34 heavy (non-hydrogen) atoms. The molecular weight excluding hydrogens is 436 g/mol. The minimum Gasteiger partial charge on any atom is -0.351 e. The fraction of sp³-hybridized carbons (Fsp3) is 0.435. The smallest absolute Gasteiger partial charge is 0.271 e. The number of non-ortho nitro benzene ring substituents is 1. The van der Waals surface area contributed by atoms with E-state index in [1.165, 1.54) is 18.5 Å². The number of carbonyl (C=O) groups is 1. The van der Waals surface area contributed by atoms with Gasteiger partial charge in [0, 0.05) is 42.9 Å². The molecule has 11 nitrogen and oxygen atoms in total. The standard InChI is InChI=1S/C23H26N8O3/c32-22(30-10-1-2-11-30)15-6-8-16(9-7-15)28-23-24-13-19-20(29-23)21(26-14-25-19)27-17-4-3-5-18(12-17)31(33)34/h3-5,12-16H,1-2,6-11H2,(H,24,28,29)(H,25,26,27)/t15-,16-. The van der Waals surface area contributed by atoms with E-state index < -0.39 is 4.92 Å². The van der Waals surface area contributed by atoms with E-state index in [2.05, 4.69) is 30.6 Å². The van der Waals surface area contributed by atoms with E-state index in [9.17, 15) is 14.9 Å². The van der Waals surface area contributed by atoms with Gasteiger partial charge in [-0.05, 0) is 44.6 Å². The van der Waals surface area contributed by atoms with Gasteiger partial charge in [-0.1, -0.05) is 6.07 Å². The third-order valence-electron chi connectivity index (χ3n) is 6.52. The van der Waals surface area contributed by atoms with Gasteiger partial charge in [0.1, 0.15) is 17.4 Å². The summed E-state index contributed by atoms with van der Waals surface area (Å²) in [6, 6.07) is 6.40. The summed E-state index contributed by atoms with van der Waals surface area (Å²) in [5.41, 5.74) is 1.60. The number of nitrogens with zero attached hydrogens (tertiary/aromatic N) is 6. The normalized spacial score (nSPS) is 20.3. The first kappa shape index (κ1) is 21.9. The van der Waals surface area contributed by atoms with Crippen molar-refractivity contribution in [1.82, 2.24) is 24.8 Å². The second-order valence-corrected chi connectivity index (χ2v) is 8.81. The van der Waals surface area contributed by atoms with Crippen molar-refractivity contribution < 1.29 is 9.72 Å². The number of amides is 1. The highest BCUT2D eigenvalue weighted by Crippen LogP contribution is 2.29. The lowest BCUT2D eigenvalue weighted by atomic mass is 9.85. The molecule has 0 radical (unpaired) electrons. The number of aromatic nitrogens is 4. The summed E-state index contributed by atoms with van der Waals surface area (Å²) in [5, 5.41) is 17.6. The minimum absolute atomic E-state index is 0.0147. The SMILES string of the molecule is O=C([C@H]1CC[C@H](Nc2ncc3ncnc(Nc4cccc([N+](=O)[O-])c4)c3n2)CC1)N1CCCC1. The Labute approximate surface area is 196 Å². The van der Waals surface area contributed by atoms with Gasteiger partial charge in [0.25, 0.3) is 5.69 Å². The van der Waals surface area contributed by atoms with Crippen LogP contribution in [0.1, 0.15) is 38.5 Å². The topological polar surface area (TPSA) is 139 Å². The molecule has 2 aromatic heterocycles. The summed E-state index contributed by atoms with van der Waals surface area (Å²) in [6.45, 7) is 1.80. The summed E-state index contributed by atoms with van der Waals surface area (Å²) >= 11 is 0. The predicted molar refractivity (Wildman–Crippen MR) is 127 cm³/mol. The Balaban J connectivity index is 1.27. The molecule has 3 heterocycles. The molecule has 11 heteroatoms. The molecule has 1 amide bonds. The number of nitro groups is 1. The van der Waals surface area contributed by atoms with Crippen molar-refractivity contribution in [3.05, 3.63) is 46.9 Å². The molecule has 0 atom stereocenters. The van der Waals surface area contributed by atoms with E-state index in [0.717, 1.165) is 51.6 Å². The van der Waals surface area contributed by atoms with Gasteiger partial charge >= 0.3 is 0 Å². The zero-order valence-corrected chi connectivity index (χ0v) is 18.7. The van der Waals surface area contributed by atoms with E-state index in [1.807, 2.05) is 4.90 Å². The molecule has 0 spiro atoms. The zero-order valence-electron chi connectivity index (χ0n) is 18.7. The number of hydrogen-bond acceptors (Lipinski definition) is 9. The van der Waals surface area contributed by atoms with Crippen molar-refractivity contribution in [2.45, 2.75) is 44.6 Å². The van der Waals surface area contributed by atoms with Crippen molar-refractivity contribution >= 4 is 40.1 Å². The quantitative estimate of drug-likeness (QED) is 0.415. The maximum Gasteiger partial charge on any atom is 0.271 e. The average molecular weight is 463 g/mol. The van der Waals surface area contributed by atoms with Gasteiger partial charge in [0.15, 0.2) is 5.82 Å². The lowest BCUT2D eigenvalue weighted by Gasteiger charge is -2.30. The number of nitrogens with one attached hydrogen (secondary N) is 2. The number of likely N-dealkylation sites (tertiary alicyclic amines) is 1. The number of anilines is 3. The number of nitro benzene ring substituents is 1. The molecule has 2 aliphatic rings. The van der Waals surface area contributed by atoms with Crippen molar-refractivity contribution in [2.75, 3.05) is 23.7 Å². The second kappa shape index (κ2) is 9.54. The molecule has 1 aromatic carbocycles. The van der Waals surface area contributed by atoms with Gasteiger partial charge in [-0.25, -0.2) is 19.9 Å². The summed E-state index contributed by atoms with van der Waals surface area (Å²) in [6.07, 6.45) is 8.76. The van der Waals surface area contributed by atoms with E-state index >= 15 is 0 Å². The predicted octanol–water partition coefficient (Wildman–Crippen LogP) is 3.66. The number of fused-ring (bicyclic) bond motifs is 1. The van der Waals surface area contributed by atoms with Gasteiger partial charge in [0.05, 0.1) is 11.1 Å².